The zero-order chi connectivity index (χ0) is 14.7. The van der Waals surface area contributed by atoms with Crippen LogP contribution in [0.1, 0.15) is 34.6 Å². The Morgan fingerprint density at radius 1 is 0.895 bits per heavy atom. The lowest BCUT2D eigenvalue weighted by Gasteiger charge is -2.42. The molecule has 5 unspecified atom stereocenters. The smallest absolute Gasteiger partial charge is 0.305 e. The first-order valence-corrected chi connectivity index (χ1v) is 6.24. The van der Waals surface area contributed by atoms with Gasteiger partial charge in [0.1, 0.15) is 6.10 Å². The van der Waals surface area contributed by atoms with Crippen molar-refractivity contribution in [3.63, 3.8) is 0 Å². The van der Waals surface area contributed by atoms with E-state index < -0.39 is 30.4 Å². The van der Waals surface area contributed by atoms with Gasteiger partial charge in [-0.3, -0.25) is 14.4 Å². The fraction of sp³-hybridized carbons (Fsp3) is 0.769. The lowest BCUT2D eigenvalue weighted by Crippen LogP contribution is -2.54. The molecule has 1 fully saturated rings. The molecule has 0 aliphatic carbocycles. The predicted molar refractivity (Wildman–Crippen MR) is 65.0 cm³/mol. The first kappa shape index (κ1) is 15.6. The lowest BCUT2D eigenvalue weighted by atomic mass is 9.82. The fourth-order valence-electron chi connectivity index (χ4n) is 2.25. The minimum Gasteiger partial charge on any atom is -0.456 e. The molecule has 0 N–H and O–H groups in total. The second-order valence-electron chi connectivity index (χ2n) is 4.94. The molecule has 6 heteroatoms. The van der Waals surface area contributed by atoms with Gasteiger partial charge in [0.2, 0.25) is 6.29 Å². The standard InChI is InChI=1S/C13H20O6/c1-6-7(2)12(17-9(4)15)13(18-10(5)16)19-11(6)8(3)14/h6-7,11-13H,1-5H3. The molecule has 108 valence electrons. The van der Waals surface area contributed by atoms with E-state index in [1.54, 1.807) is 0 Å². The van der Waals surface area contributed by atoms with E-state index in [0.717, 1.165) is 0 Å². The van der Waals surface area contributed by atoms with Crippen molar-refractivity contribution in [2.24, 2.45) is 11.8 Å². The number of rotatable bonds is 3. The van der Waals surface area contributed by atoms with Gasteiger partial charge in [0.05, 0.1) is 0 Å². The summed E-state index contributed by atoms with van der Waals surface area (Å²) in [5.41, 5.74) is 0. The van der Waals surface area contributed by atoms with Crippen LogP contribution in [0.25, 0.3) is 0 Å². The third-order valence-electron chi connectivity index (χ3n) is 3.36. The van der Waals surface area contributed by atoms with Crippen LogP contribution >= 0.6 is 0 Å². The molecule has 0 aromatic rings. The first-order chi connectivity index (χ1) is 8.73. The van der Waals surface area contributed by atoms with Crippen molar-refractivity contribution >= 4 is 17.7 Å². The van der Waals surface area contributed by atoms with Gasteiger partial charge in [0, 0.05) is 19.8 Å². The van der Waals surface area contributed by atoms with Gasteiger partial charge in [-0.15, -0.1) is 0 Å². The van der Waals surface area contributed by atoms with E-state index in [0.29, 0.717) is 0 Å². The van der Waals surface area contributed by atoms with Gasteiger partial charge in [-0.1, -0.05) is 13.8 Å². The summed E-state index contributed by atoms with van der Waals surface area (Å²) in [5, 5.41) is 0. The van der Waals surface area contributed by atoms with Gasteiger partial charge >= 0.3 is 11.9 Å². The molecule has 0 aromatic carbocycles. The van der Waals surface area contributed by atoms with E-state index in [1.807, 2.05) is 13.8 Å². The summed E-state index contributed by atoms with van der Waals surface area (Å²) in [7, 11) is 0. The molecule has 1 saturated heterocycles. The molecule has 6 nitrogen and oxygen atoms in total. The SMILES string of the molecule is CC(=O)OC1OC(C(C)=O)C(C)C(C)C1OC(C)=O. The molecule has 19 heavy (non-hydrogen) atoms. The Balaban J connectivity index is 2.95. The largest absolute Gasteiger partial charge is 0.456 e. The molecule has 5 atom stereocenters. The number of Topliss-reactive ketones (excluding diaryl/α,β-unsaturated/α-hetero) is 1. The van der Waals surface area contributed by atoms with Gasteiger partial charge in [0.15, 0.2) is 11.9 Å². The van der Waals surface area contributed by atoms with Crippen molar-refractivity contribution in [1.82, 2.24) is 0 Å². The molecule has 1 rings (SSSR count). The Kier molecular flexibility index (Phi) is 5.05. The summed E-state index contributed by atoms with van der Waals surface area (Å²) in [6, 6.07) is 0. The zero-order valence-corrected chi connectivity index (χ0v) is 11.8. The highest BCUT2D eigenvalue weighted by Crippen LogP contribution is 2.33. The molecule has 0 saturated carbocycles. The fourth-order valence-corrected chi connectivity index (χ4v) is 2.25. The molecule has 0 spiro atoms. The average Bonchev–Trinajstić information content (AvgIpc) is 2.27. The maximum absolute atomic E-state index is 11.5. The predicted octanol–water partition coefficient (Wildman–Crippen LogP) is 1.07. The summed E-state index contributed by atoms with van der Waals surface area (Å²) < 4.78 is 15.7. The van der Waals surface area contributed by atoms with E-state index in [1.165, 1.54) is 20.8 Å². The minimum absolute atomic E-state index is 0.131. The molecular weight excluding hydrogens is 252 g/mol. The Morgan fingerprint density at radius 2 is 1.42 bits per heavy atom. The quantitative estimate of drug-likeness (QED) is 0.715. The number of carbonyl (C=O) groups is 3. The number of carbonyl (C=O) groups excluding carboxylic acids is 3. The number of esters is 2. The maximum atomic E-state index is 11.5. The van der Waals surface area contributed by atoms with Gasteiger partial charge in [-0.2, -0.15) is 0 Å². The van der Waals surface area contributed by atoms with Crippen LogP contribution in [-0.4, -0.2) is 36.2 Å². The molecule has 1 aliphatic rings. The highest BCUT2D eigenvalue weighted by Gasteiger charge is 2.46. The second kappa shape index (κ2) is 6.14. The zero-order valence-electron chi connectivity index (χ0n) is 11.8. The van der Waals surface area contributed by atoms with Gasteiger partial charge in [0.25, 0.3) is 0 Å². The highest BCUT2D eigenvalue weighted by atomic mass is 16.7. The third-order valence-corrected chi connectivity index (χ3v) is 3.36. The van der Waals surface area contributed by atoms with Crippen LogP contribution < -0.4 is 0 Å². The maximum Gasteiger partial charge on any atom is 0.305 e. The first-order valence-electron chi connectivity index (χ1n) is 6.24. The number of hydrogen-bond acceptors (Lipinski definition) is 6. The van der Waals surface area contributed by atoms with Crippen LogP contribution in [0, 0.1) is 11.8 Å². The lowest BCUT2D eigenvalue weighted by molar-refractivity contribution is -0.261. The van der Waals surface area contributed by atoms with Crippen LogP contribution in [0.4, 0.5) is 0 Å². The van der Waals surface area contributed by atoms with E-state index in [-0.39, 0.29) is 17.6 Å². The summed E-state index contributed by atoms with van der Waals surface area (Å²) in [4.78, 5) is 33.7. The van der Waals surface area contributed by atoms with Crippen molar-refractivity contribution in [2.75, 3.05) is 0 Å². The van der Waals surface area contributed by atoms with E-state index in [2.05, 4.69) is 0 Å². The van der Waals surface area contributed by atoms with Crippen molar-refractivity contribution in [2.45, 2.75) is 53.1 Å². The van der Waals surface area contributed by atoms with E-state index >= 15 is 0 Å². The highest BCUT2D eigenvalue weighted by molar-refractivity contribution is 5.81. The van der Waals surface area contributed by atoms with Crippen LogP contribution in [-0.2, 0) is 28.6 Å². The van der Waals surface area contributed by atoms with Crippen LogP contribution in [0.5, 0.6) is 0 Å². The van der Waals surface area contributed by atoms with Crippen LogP contribution in [0.2, 0.25) is 0 Å². The summed E-state index contributed by atoms with van der Waals surface area (Å²) in [5.74, 6) is -1.46. The molecule has 1 heterocycles. The van der Waals surface area contributed by atoms with E-state index in [9.17, 15) is 14.4 Å². The summed E-state index contributed by atoms with van der Waals surface area (Å²) >= 11 is 0. The number of ether oxygens (including phenoxy) is 3. The van der Waals surface area contributed by atoms with Crippen molar-refractivity contribution in [3.05, 3.63) is 0 Å². The van der Waals surface area contributed by atoms with Crippen molar-refractivity contribution < 1.29 is 28.6 Å². The normalized spacial score (nSPS) is 34.5. The molecule has 1 aliphatic heterocycles. The molecule has 0 radical (unpaired) electrons. The molecule has 0 aromatic heterocycles. The number of ketones is 1. The van der Waals surface area contributed by atoms with Gasteiger partial charge in [-0.05, 0) is 12.8 Å². The Morgan fingerprint density at radius 3 is 1.84 bits per heavy atom. The Hall–Kier alpha value is -1.43. The molecule has 0 amide bonds. The van der Waals surface area contributed by atoms with Crippen molar-refractivity contribution in [3.8, 4) is 0 Å². The third kappa shape index (κ3) is 3.76. The summed E-state index contributed by atoms with van der Waals surface area (Å²) in [6.07, 6.45) is -2.40. The molecule has 0 bridgehead atoms. The summed E-state index contributed by atoms with van der Waals surface area (Å²) in [6.45, 7) is 7.62. The Labute approximate surface area is 112 Å². The second-order valence-corrected chi connectivity index (χ2v) is 4.94. The number of hydrogen-bond donors (Lipinski definition) is 0. The van der Waals surface area contributed by atoms with Gasteiger partial charge < -0.3 is 14.2 Å². The molecular formula is C13H20O6. The minimum atomic E-state index is -1.04. The van der Waals surface area contributed by atoms with Crippen LogP contribution in [0.3, 0.4) is 0 Å². The van der Waals surface area contributed by atoms with Crippen LogP contribution in [0.15, 0.2) is 0 Å². The van der Waals surface area contributed by atoms with Crippen molar-refractivity contribution in [1.29, 1.82) is 0 Å². The topological polar surface area (TPSA) is 78.9 Å². The van der Waals surface area contributed by atoms with Gasteiger partial charge in [-0.25, -0.2) is 0 Å². The monoisotopic (exact) mass is 272 g/mol. The Bertz CT molecular complexity index is 377. The average molecular weight is 272 g/mol. The van der Waals surface area contributed by atoms with E-state index in [4.69, 9.17) is 14.2 Å².